The fraction of sp³-hybridized carbons (Fsp3) is 0.261. The first-order chi connectivity index (χ1) is 14.9. The second-order valence-electron chi connectivity index (χ2n) is 8.06. The third-order valence-corrected chi connectivity index (χ3v) is 6.06. The van der Waals surface area contributed by atoms with E-state index in [4.69, 9.17) is 5.73 Å². The summed E-state index contributed by atoms with van der Waals surface area (Å²) in [5.74, 6) is 0.357. The van der Waals surface area contributed by atoms with Gasteiger partial charge in [-0.3, -0.25) is 19.0 Å². The highest BCUT2D eigenvalue weighted by atomic mass is 16.3. The number of benzene rings is 1. The van der Waals surface area contributed by atoms with Crippen molar-refractivity contribution in [2.45, 2.75) is 33.9 Å². The van der Waals surface area contributed by atoms with E-state index in [0.717, 1.165) is 28.2 Å². The molecule has 0 bridgehead atoms. The number of nitrogen functional groups attached to an aromatic ring is 1. The summed E-state index contributed by atoms with van der Waals surface area (Å²) in [4.78, 5) is 20.1. The highest BCUT2D eigenvalue weighted by molar-refractivity contribution is 6.11. The predicted molar refractivity (Wildman–Crippen MR) is 118 cm³/mol. The summed E-state index contributed by atoms with van der Waals surface area (Å²) in [6.45, 7) is 7.37. The molecule has 8 nitrogen and oxygen atoms in total. The number of nitrogens with two attached hydrogens (primary N) is 1. The van der Waals surface area contributed by atoms with Gasteiger partial charge >= 0.3 is 0 Å². The molecule has 3 aromatic heterocycles. The molecule has 1 amide bonds. The molecule has 3 N–H and O–H groups in total. The van der Waals surface area contributed by atoms with E-state index < -0.39 is 0 Å². The molecule has 1 aliphatic heterocycles. The summed E-state index contributed by atoms with van der Waals surface area (Å²) in [5.41, 5.74) is 12.6. The normalized spacial score (nSPS) is 13.6. The molecule has 8 heteroatoms. The van der Waals surface area contributed by atoms with Crippen LogP contribution >= 0.6 is 0 Å². The Morgan fingerprint density at radius 1 is 1.10 bits per heavy atom. The molecule has 0 atom stereocenters. The van der Waals surface area contributed by atoms with E-state index in [2.05, 4.69) is 10.1 Å². The fourth-order valence-corrected chi connectivity index (χ4v) is 4.41. The van der Waals surface area contributed by atoms with E-state index in [1.807, 2.05) is 54.3 Å². The standard InChI is InChI=1S/C23H24N6O2/c1-13-4-7-18(30)15(3)21(13)29-17-6-5-14(2)26-20(17)19(22(29)24)23(31)27-10-11-28-16(12-27)8-9-25-28/h4-9,30H,10-12,24H2,1-3H3. The summed E-state index contributed by atoms with van der Waals surface area (Å²) < 4.78 is 3.76. The van der Waals surface area contributed by atoms with Crippen molar-refractivity contribution < 1.29 is 9.90 Å². The maximum atomic E-state index is 13.7. The van der Waals surface area contributed by atoms with Crippen LogP contribution in [-0.2, 0) is 13.1 Å². The number of phenols is 1. The number of rotatable bonds is 2. The first kappa shape index (κ1) is 19.2. The fourth-order valence-electron chi connectivity index (χ4n) is 4.41. The minimum atomic E-state index is -0.151. The van der Waals surface area contributed by atoms with Crippen LogP contribution in [0.25, 0.3) is 16.7 Å². The van der Waals surface area contributed by atoms with Crippen LogP contribution in [0.2, 0.25) is 0 Å². The van der Waals surface area contributed by atoms with Gasteiger partial charge in [-0.25, -0.2) is 0 Å². The van der Waals surface area contributed by atoms with Gasteiger partial charge in [0.05, 0.1) is 30.0 Å². The molecule has 5 rings (SSSR count). The largest absolute Gasteiger partial charge is 0.508 e. The Hall–Kier alpha value is -3.81. The van der Waals surface area contributed by atoms with Crippen LogP contribution in [0.3, 0.4) is 0 Å². The van der Waals surface area contributed by atoms with Gasteiger partial charge < -0.3 is 15.7 Å². The number of fused-ring (bicyclic) bond motifs is 2. The van der Waals surface area contributed by atoms with Gasteiger partial charge in [0.15, 0.2) is 0 Å². The Kier molecular flexibility index (Phi) is 4.25. The quantitative estimate of drug-likeness (QED) is 0.523. The summed E-state index contributed by atoms with van der Waals surface area (Å²) >= 11 is 0. The summed E-state index contributed by atoms with van der Waals surface area (Å²) in [7, 11) is 0. The first-order valence-electron chi connectivity index (χ1n) is 10.2. The van der Waals surface area contributed by atoms with Crippen LogP contribution in [0, 0.1) is 20.8 Å². The Morgan fingerprint density at radius 3 is 2.71 bits per heavy atom. The molecular formula is C23H24N6O2. The van der Waals surface area contributed by atoms with Crippen LogP contribution in [0.15, 0.2) is 36.5 Å². The predicted octanol–water partition coefficient (Wildman–Crippen LogP) is 3.09. The van der Waals surface area contributed by atoms with Crippen molar-refractivity contribution in [1.29, 1.82) is 0 Å². The molecule has 0 saturated heterocycles. The molecule has 0 saturated carbocycles. The Morgan fingerprint density at radius 2 is 1.90 bits per heavy atom. The van der Waals surface area contributed by atoms with Crippen LogP contribution < -0.4 is 5.73 Å². The molecular weight excluding hydrogens is 392 g/mol. The number of carbonyl (C=O) groups excluding carboxylic acids is 1. The number of hydrogen-bond donors (Lipinski definition) is 2. The van der Waals surface area contributed by atoms with Gasteiger partial charge in [0, 0.05) is 24.0 Å². The number of hydrogen-bond acceptors (Lipinski definition) is 5. The number of phenolic OH excluding ortho intramolecular Hbond substituents is 1. The van der Waals surface area contributed by atoms with Crippen molar-refractivity contribution in [3.05, 3.63) is 64.6 Å². The number of aryl methyl sites for hydroxylation is 2. The molecule has 1 aliphatic rings. The van der Waals surface area contributed by atoms with E-state index in [9.17, 15) is 9.90 Å². The molecule has 0 radical (unpaired) electrons. The third kappa shape index (κ3) is 2.86. The third-order valence-electron chi connectivity index (χ3n) is 6.06. The van der Waals surface area contributed by atoms with Gasteiger partial charge in [-0.05, 0) is 50.6 Å². The Balaban J connectivity index is 1.72. The lowest BCUT2D eigenvalue weighted by molar-refractivity contribution is 0.0709. The van der Waals surface area contributed by atoms with Crippen molar-refractivity contribution in [2.24, 2.45) is 0 Å². The molecule has 0 spiro atoms. The van der Waals surface area contributed by atoms with Gasteiger partial charge in [0.1, 0.15) is 22.6 Å². The van der Waals surface area contributed by atoms with E-state index >= 15 is 0 Å². The first-order valence-corrected chi connectivity index (χ1v) is 10.2. The second kappa shape index (κ2) is 6.87. The molecule has 0 fully saturated rings. The Bertz CT molecular complexity index is 1350. The van der Waals surface area contributed by atoms with E-state index in [1.54, 1.807) is 17.2 Å². The average molecular weight is 416 g/mol. The maximum Gasteiger partial charge on any atom is 0.260 e. The van der Waals surface area contributed by atoms with Crippen LogP contribution in [0.4, 0.5) is 5.82 Å². The number of nitrogens with zero attached hydrogens (tertiary/aromatic N) is 5. The molecule has 1 aromatic carbocycles. The highest BCUT2D eigenvalue weighted by Crippen LogP contribution is 2.36. The van der Waals surface area contributed by atoms with E-state index in [-0.39, 0.29) is 11.7 Å². The summed E-state index contributed by atoms with van der Waals surface area (Å²) in [6.07, 6.45) is 1.75. The van der Waals surface area contributed by atoms with Crippen molar-refractivity contribution in [2.75, 3.05) is 12.3 Å². The van der Waals surface area contributed by atoms with Crippen LogP contribution in [0.5, 0.6) is 5.75 Å². The number of aromatic hydroxyl groups is 1. The number of carbonyl (C=O) groups is 1. The van der Waals surface area contributed by atoms with Gasteiger partial charge in [-0.2, -0.15) is 5.10 Å². The van der Waals surface area contributed by atoms with Crippen LogP contribution in [-0.4, -0.2) is 41.8 Å². The number of pyridine rings is 1. The lowest BCUT2D eigenvalue weighted by Crippen LogP contribution is -2.38. The van der Waals surface area contributed by atoms with E-state index in [0.29, 0.717) is 42.1 Å². The number of amides is 1. The molecule has 158 valence electrons. The molecule has 0 unspecified atom stereocenters. The van der Waals surface area contributed by atoms with Gasteiger partial charge in [0.25, 0.3) is 5.91 Å². The van der Waals surface area contributed by atoms with Crippen molar-refractivity contribution in [3.8, 4) is 11.4 Å². The summed E-state index contributed by atoms with van der Waals surface area (Å²) in [6, 6.07) is 9.27. The minimum absolute atomic E-state index is 0.151. The smallest absolute Gasteiger partial charge is 0.260 e. The average Bonchev–Trinajstić information content (AvgIpc) is 3.32. The maximum absolute atomic E-state index is 13.7. The SMILES string of the molecule is Cc1ccc2c(n1)c(C(=O)N1CCn3nccc3C1)c(N)n2-c1c(C)ccc(O)c1C. The molecule has 4 heterocycles. The van der Waals surface area contributed by atoms with Gasteiger partial charge in [-0.1, -0.05) is 6.07 Å². The van der Waals surface area contributed by atoms with Gasteiger partial charge in [-0.15, -0.1) is 0 Å². The lowest BCUT2D eigenvalue weighted by atomic mass is 10.1. The van der Waals surface area contributed by atoms with Crippen molar-refractivity contribution in [3.63, 3.8) is 0 Å². The molecule has 31 heavy (non-hydrogen) atoms. The zero-order valence-corrected chi connectivity index (χ0v) is 17.8. The topological polar surface area (TPSA) is 102 Å². The van der Waals surface area contributed by atoms with Crippen molar-refractivity contribution >= 4 is 22.8 Å². The number of anilines is 1. The zero-order valence-electron chi connectivity index (χ0n) is 17.8. The lowest BCUT2D eigenvalue weighted by Gasteiger charge is -2.27. The Labute approximate surface area is 179 Å². The highest BCUT2D eigenvalue weighted by Gasteiger charge is 2.30. The zero-order chi connectivity index (χ0) is 21.9. The van der Waals surface area contributed by atoms with Crippen LogP contribution in [0.1, 0.15) is 32.9 Å². The van der Waals surface area contributed by atoms with Gasteiger partial charge in [0.2, 0.25) is 0 Å². The second-order valence-corrected chi connectivity index (χ2v) is 8.06. The van der Waals surface area contributed by atoms with Crippen molar-refractivity contribution in [1.82, 2.24) is 24.2 Å². The number of aromatic nitrogens is 4. The van der Waals surface area contributed by atoms with E-state index in [1.165, 1.54) is 0 Å². The molecule has 0 aliphatic carbocycles. The summed E-state index contributed by atoms with van der Waals surface area (Å²) in [5, 5.41) is 14.6. The molecule has 4 aromatic rings. The minimum Gasteiger partial charge on any atom is -0.508 e. The monoisotopic (exact) mass is 416 g/mol.